The number of hydrogen-bond donors (Lipinski definition) is 0. The van der Waals surface area contributed by atoms with E-state index in [4.69, 9.17) is 9.47 Å². The van der Waals surface area contributed by atoms with Gasteiger partial charge in [-0.25, -0.2) is 4.79 Å². The van der Waals surface area contributed by atoms with Crippen molar-refractivity contribution < 1.29 is 36.6 Å². The molecule has 164 valence electrons. The van der Waals surface area contributed by atoms with Crippen molar-refractivity contribution in [3.63, 3.8) is 0 Å². The number of likely N-dealkylation sites (tertiary alicyclic amines) is 1. The Kier molecular flexibility index (Phi) is 11.3. The minimum absolute atomic E-state index is 0. The summed E-state index contributed by atoms with van der Waals surface area (Å²) in [7, 11) is 1.31. The molecule has 0 aromatic heterocycles. The van der Waals surface area contributed by atoms with Crippen molar-refractivity contribution in [2.75, 3.05) is 13.7 Å². The zero-order chi connectivity index (χ0) is 21.5. The molecule has 6 nitrogen and oxygen atoms in total. The fraction of sp³-hybridized carbons (Fsp3) is 0.250. The largest absolute Gasteiger partial charge is 2.00 e. The van der Waals surface area contributed by atoms with Crippen LogP contribution in [0.4, 0.5) is 0 Å². The molecule has 0 saturated carbocycles. The monoisotopic (exact) mass is 465 g/mol. The summed E-state index contributed by atoms with van der Waals surface area (Å²) in [6, 6.07) is 16.4. The Morgan fingerprint density at radius 2 is 1.81 bits per heavy atom. The van der Waals surface area contributed by atoms with E-state index >= 15 is 0 Å². The van der Waals surface area contributed by atoms with Crippen LogP contribution in [0.15, 0.2) is 72.2 Å². The zero-order valence-electron chi connectivity index (χ0n) is 18.1. The van der Waals surface area contributed by atoms with E-state index in [-0.39, 0.29) is 54.4 Å². The summed E-state index contributed by atoms with van der Waals surface area (Å²) in [5.41, 5.74) is 2.82. The maximum absolute atomic E-state index is 12.9. The molecule has 1 heterocycles. The number of hydrogen-bond acceptors (Lipinski definition) is 5. The van der Waals surface area contributed by atoms with E-state index < -0.39 is 18.0 Å². The van der Waals surface area contributed by atoms with Crippen molar-refractivity contribution in [2.24, 2.45) is 0 Å². The van der Waals surface area contributed by atoms with Gasteiger partial charge in [0.2, 0.25) is 5.91 Å². The van der Waals surface area contributed by atoms with Gasteiger partial charge in [0.1, 0.15) is 0 Å². The number of carbonyl (C=O) groups is 2. The maximum Gasteiger partial charge on any atom is 2.00 e. The van der Waals surface area contributed by atoms with Gasteiger partial charge < -0.3 is 31.9 Å². The van der Waals surface area contributed by atoms with Crippen LogP contribution in [0.1, 0.15) is 36.1 Å². The normalized spacial score (nSPS) is 16.9. The number of esters is 1. The first-order valence-corrected chi connectivity index (χ1v) is 9.76. The van der Waals surface area contributed by atoms with E-state index in [1.54, 1.807) is 17.9 Å². The van der Waals surface area contributed by atoms with Gasteiger partial charge in [-0.05, 0) is 42.4 Å². The van der Waals surface area contributed by atoms with Crippen molar-refractivity contribution in [3.05, 3.63) is 88.9 Å². The van der Waals surface area contributed by atoms with Crippen LogP contribution in [0.2, 0.25) is 0 Å². The standard InChI is InChI=1S/C24H25NO5.ClH.Mg/c1-3-30-22(27)14-13-18-11-7-8-12-19(18)23-20(24(28)29-2)15-21(26)25(23)16-17-9-5-4-6-10-17;;/h4-14,23,28H,3,15-16H2,1-2H3;1H;/q;;+2/p-2/b14-13+,24-20+;;/t23-;;/m1../s1. The summed E-state index contributed by atoms with van der Waals surface area (Å²) in [5.74, 6) is -1.10. The molecular weight excluding hydrogens is 442 g/mol. The predicted octanol–water partition coefficient (Wildman–Crippen LogP) is -0.422. The molecule has 1 atom stereocenters. The van der Waals surface area contributed by atoms with Crippen molar-refractivity contribution in [1.29, 1.82) is 0 Å². The van der Waals surface area contributed by atoms with Gasteiger partial charge in [0.05, 0.1) is 25.0 Å². The van der Waals surface area contributed by atoms with Gasteiger partial charge in [-0.2, -0.15) is 0 Å². The summed E-state index contributed by atoms with van der Waals surface area (Å²) in [6.45, 7) is 2.39. The smallest absolute Gasteiger partial charge is 1.00 e. The second-order valence-electron chi connectivity index (χ2n) is 6.82. The molecule has 0 radical (unpaired) electrons. The van der Waals surface area contributed by atoms with E-state index in [9.17, 15) is 14.7 Å². The van der Waals surface area contributed by atoms with E-state index in [2.05, 4.69) is 0 Å². The average Bonchev–Trinajstić information content (AvgIpc) is 3.08. The molecule has 1 amide bonds. The van der Waals surface area contributed by atoms with Gasteiger partial charge in [-0.15, -0.1) is 0 Å². The third-order valence-corrected chi connectivity index (χ3v) is 4.92. The number of methoxy groups -OCH3 is 1. The van der Waals surface area contributed by atoms with Crippen molar-refractivity contribution >= 4 is 41.0 Å². The molecule has 2 aromatic carbocycles. The minimum atomic E-state index is -0.576. The summed E-state index contributed by atoms with van der Waals surface area (Å²) >= 11 is 0. The second-order valence-corrected chi connectivity index (χ2v) is 6.82. The fourth-order valence-electron chi connectivity index (χ4n) is 3.58. The van der Waals surface area contributed by atoms with E-state index in [1.165, 1.54) is 13.2 Å². The fourth-order valence-corrected chi connectivity index (χ4v) is 3.58. The quantitative estimate of drug-likeness (QED) is 0.240. The van der Waals surface area contributed by atoms with Crippen LogP contribution in [-0.4, -0.2) is 53.5 Å². The van der Waals surface area contributed by atoms with Crippen LogP contribution in [0.5, 0.6) is 0 Å². The van der Waals surface area contributed by atoms with Crippen LogP contribution in [0.25, 0.3) is 6.08 Å². The third kappa shape index (κ3) is 6.51. The molecule has 0 N–H and O–H groups in total. The van der Waals surface area contributed by atoms with Crippen LogP contribution in [0.3, 0.4) is 0 Å². The predicted molar refractivity (Wildman–Crippen MR) is 116 cm³/mol. The Balaban J connectivity index is 0.00000256. The van der Waals surface area contributed by atoms with Crippen molar-refractivity contribution in [3.8, 4) is 0 Å². The molecule has 1 saturated heterocycles. The van der Waals surface area contributed by atoms with Crippen LogP contribution < -0.4 is 17.5 Å². The van der Waals surface area contributed by atoms with Crippen LogP contribution in [0, 0.1) is 0 Å². The Labute approximate surface area is 210 Å². The van der Waals surface area contributed by atoms with E-state index in [1.807, 2.05) is 54.6 Å². The van der Waals surface area contributed by atoms with E-state index in [0.29, 0.717) is 12.1 Å². The molecular formula is C24H24ClMgNO5. The number of benzene rings is 2. The topological polar surface area (TPSA) is 78.9 Å². The third-order valence-electron chi connectivity index (χ3n) is 4.92. The molecule has 3 rings (SSSR count). The van der Waals surface area contributed by atoms with Gasteiger partial charge in [0.25, 0.3) is 0 Å². The Bertz CT molecular complexity index is 977. The van der Waals surface area contributed by atoms with Crippen LogP contribution in [-0.2, 0) is 25.6 Å². The number of nitrogens with zero attached hydrogens (tertiary/aromatic N) is 1. The number of ether oxygens (including phenoxy) is 2. The first-order valence-electron chi connectivity index (χ1n) is 9.76. The first kappa shape index (κ1) is 27.6. The summed E-state index contributed by atoms with van der Waals surface area (Å²) in [6.07, 6.45) is 2.99. The Morgan fingerprint density at radius 1 is 1.16 bits per heavy atom. The molecule has 0 unspecified atom stereocenters. The van der Waals surface area contributed by atoms with Gasteiger partial charge in [-0.1, -0.05) is 54.6 Å². The van der Waals surface area contributed by atoms with Crippen molar-refractivity contribution in [2.45, 2.75) is 25.9 Å². The van der Waals surface area contributed by atoms with Crippen molar-refractivity contribution in [1.82, 2.24) is 4.90 Å². The molecule has 0 aliphatic carbocycles. The molecule has 1 fully saturated rings. The first-order chi connectivity index (χ1) is 14.5. The molecule has 1 aliphatic rings. The molecule has 0 bridgehead atoms. The summed E-state index contributed by atoms with van der Waals surface area (Å²) in [5, 5.41) is 12.5. The summed E-state index contributed by atoms with van der Waals surface area (Å²) < 4.78 is 9.91. The number of halogens is 1. The van der Waals surface area contributed by atoms with Gasteiger partial charge in [0, 0.05) is 12.6 Å². The van der Waals surface area contributed by atoms with Gasteiger partial charge in [-0.3, -0.25) is 4.79 Å². The Hall–Kier alpha value is -2.48. The summed E-state index contributed by atoms with van der Waals surface area (Å²) in [4.78, 5) is 26.3. The second kappa shape index (κ2) is 13.2. The maximum atomic E-state index is 12.9. The average molecular weight is 466 g/mol. The molecule has 2 aromatic rings. The van der Waals surface area contributed by atoms with E-state index in [0.717, 1.165) is 16.7 Å². The minimum Gasteiger partial charge on any atom is -1.00 e. The molecule has 32 heavy (non-hydrogen) atoms. The SMILES string of the molecule is CCOC(=O)/C=C/c1ccccc1[C@@H]1/C(=C(\[O-])OC)CC(=O)N1Cc1ccccc1.[Cl-].[Mg+2]. The number of carbonyl (C=O) groups excluding carboxylic acids is 2. The zero-order valence-corrected chi connectivity index (χ0v) is 20.3. The van der Waals surface area contributed by atoms with Gasteiger partial charge in [0.15, 0.2) is 0 Å². The molecule has 0 spiro atoms. The van der Waals surface area contributed by atoms with Crippen LogP contribution >= 0.6 is 0 Å². The molecule has 8 heteroatoms. The van der Waals surface area contributed by atoms with Gasteiger partial charge >= 0.3 is 29.0 Å². The molecule has 1 aliphatic heterocycles. The number of amides is 1. The Morgan fingerprint density at radius 3 is 2.47 bits per heavy atom. The number of rotatable bonds is 7.